The van der Waals surface area contributed by atoms with Crippen LogP contribution in [0.15, 0.2) is 0 Å². The molecule has 0 saturated carbocycles. The fraction of sp³-hybridized carbons (Fsp3) is 1.00. The van der Waals surface area contributed by atoms with Crippen molar-refractivity contribution in [2.24, 2.45) is 0 Å². The van der Waals surface area contributed by atoms with E-state index in [1.807, 2.05) is 13.8 Å². The molecule has 5 nitrogen and oxygen atoms in total. The van der Waals surface area contributed by atoms with Gasteiger partial charge < -0.3 is 14.2 Å². The highest BCUT2D eigenvalue weighted by Gasteiger charge is 2.15. The van der Waals surface area contributed by atoms with E-state index in [4.69, 9.17) is 14.2 Å². The van der Waals surface area contributed by atoms with Crippen LogP contribution >= 0.6 is 0 Å². The summed E-state index contributed by atoms with van der Waals surface area (Å²) < 4.78 is 38.3. The summed E-state index contributed by atoms with van der Waals surface area (Å²) in [5.41, 5.74) is 0. The van der Waals surface area contributed by atoms with E-state index in [2.05, 4.69) is 0 Å². The van der Waals surface area contributed by atoms with Crippen LogP contribution in [0.4, 0.5) is 0 Å². The molecule has 98 valence electrons. The van der Waals surface area contributed by atoms with Crippen molar-refractivity contribution in [3.05, 3.63) is 0 Å². The Morgan fingerprint density at radius 2 is 1.62 bits per heavy atom. The summed E-state index contributed by atoms with van der Waals surface area (Å²) >= 11 is 0. The Labute approximate surface area is 98.0 Å². The van der Waals surface area contributed by atoms with Crippen LogP contribution in [-0.2, 0) is 24.0 Å². The van der Waals surface area contributed by atoms with Crippen LogP contribution < -0.4 is 0 Å². The quantitative estimate of drug-likeness (QED) is 0.541. The minimum atomic E-state index is -3.06. The first-order valence-electron chi connectivity index (χ1n) is 5.48. The van der Waals surface area contributed by atoms with Crippen LogP contribution in [0.2, 0.25) is 0 Å². The molecule has 0 radical (unpaired) electrons. The Balaban J connectivity index is 3.97. The monoisotopic (exact) mass is 254 g/mol. The Hall–Kier alpha value is -0.170. The minimum Gasteiger partial charge on any atom is -0.384 e. The van der Waals surface area contributed by atoms with Crippen molar-refractivity contribution >= 4 is 9.84 Å². The molecule has 0 rings (SSSR count). The van der Waals surface area contributed by atoms with E-state index in [1.165, 1.54) is 7.11 Å². The largest absolute Gasteiger partial charge is 0.384 e. The predicted octanol–water partition coefficient (Wildman–Crippen LogP) is 0.837. The Morgan fingerprint density at radius 1 is 1.06 bits per heavy atom. The minimum absolute atomic E-state index is 0.0501. The molecule has 0 spiro atoms. The third-order valence-corrected chi connectivity index (χ3v) is 3.61. The fourth-order valence-electron chi connectivity index (χ4n) is 1.17. The van der Waals surface area contributed by atoms with Crippen molar-refractivity contribution < 1.29 is 22.6 Å². The molecule has 0 aromatic rings. The molecule has 0 aliphatic carbocycles. The van der Waals surface area contributed by atoms with Crippen molar-refractivity contribution in [3.8, 4) is 0 Å². The topological polar surface area (TPSA) is 61.8 Å². The summed E-state index contributed by atoms with van der Waals surface area (Å²) in [6, 6.07) is 0. The van der Waals surface area contributed by atoms with Gasteiger partial charge in [-0.05, 0) is 13.8 Å². The average Bonchev–Trinajstić information content (AvgIpc) is 2.24. The third-order valence-electron chi connectivity index (χ3n) is 1.97. The smallest absolute Gasteiger partial charge is 0.158 e. The third kappa shape index (κ3) is 8.04. The molecule has 6 heteroatoms. The lowest BCUT2D eigenvalue weighted by Gasteiger charge is -2.16. The van der Waals surface area contributed by atoms with E-state index in [0.29, 0.717) is 19.6 Å². The fourth-order valence-corrected chi connectivity index (χ4v) is 2.35. The number of hydrogen-bond acceptors (Lipinski definition) is 5. The second-order valence-corrected chi connectivity index (χ2v) is 5.58. The highest BCUT2D eigenvalue weighted by Crippen LogP contribution is 2.04. The lowest BCUT2D eigenvalue weighted by Crippen LogP contribution is -2.23. The second-order valence-electron chi connectivity index (χ2n) is 3.27. The molecule has 0 saturated heterocycles. The highest BCUT2D eigenvalue weighted by molar-refractivity contribution is 7.91. The molecule has 0 aromatic heterocycles. The first-order valence-corrected chi connectivity index (χ1v) is 7.30. The van der Waals surface area contributed by atoms with Gasteiger partial charge in [-0.2, -0.15) is 0 Å². The van der Waals surface area contributed by atoms with E-state index in [1.54, 1.807) is 0 Å². The SMILES string of the molecule is CCOC(CCS(=O)(=O)CCOC)OCC. The zero-order valence-electron chi connectivity index (χ0n) is 10.3. The van der Waals surface area contributed by atoms with Gasteiger partial charge in [0.25, 0.3) is 0 Å². The van der Waals surface area contributed by atoms with Crippen molar-refractivity contribution in [3.63, 3.8) is 0 Å². The van der Waals surface area contributed by atoms with E-state index in [9.17, 15) is 8.42 Å². The van der Waals surface area contributed by atoms with Gasteiger partial charge in [-0.15, -0.1) is 0 Å². The second kappa shape index (κ2) is 8.92. The molecule has 0 fully saturated rings. The Bertz CT molecular complexity index is 244. The van der Waals surface area contributed by atoms with Crippen LogP contribution in [0.25, 0.3) is 0 Å². The number of sulfone groups is 1. The lowest BCUT2D eigenvalue weighted by atomic mass is 10.5. The zero-order valence-corrected chi connectivity index (χ0v) is 11.1. The van der Waals surface area contributed by atoms with E-state index in [-0.39, 0.29) is 18.1 Å². The molecule has 0 bridgehead atoms. The lowest BCUT2D eigenvalue weighted by molar-refractivity contribution is -0.136. The van der Waals surface area contributed by atoms with Crippen LogP contribution in [0.3, 0.4) is 0 Å². The molecule has 0 aliphatic heterocycles. The van der Waals surface area contributed by atoms with E-state index in [0.717, 1.165) is 0 Å². The number of hydrogen-bond donors (Lipinski definition) is 0. The zero-order chi connectivity index (χ0) is 12.4. The van der Waals surface area contributed by atoms with Crippen LogP contribution in [0.1, 0.15) is 20.3 Å². The van der Waals surface area contributed by atoms with Gasteiger partial charge in [-0.25, -0.2) is 8.42 Å². The van der Waals surface area contributed by atoms with E-state index >= 15 is 0 Å². The van der Waals surface area contributed by atoms with Crippen molar-refractivity contribution in [1.82, 2.24) is 0 Å². The molecular formula is C10H22O5S. The van der Waals surface area contributed by atoms with Gasteiger partial charge in [0.05, 0.1) is 18.1 Å². The van der Waals surface area contributed by atoms with Crippen LogP contribution in [0, 0.1) is 0 Å². The van der Waals surface area contributed by atoms with Crippen molar-refractivity contribution in [1.29, 1.82) is 0 Å². The standard InChI is InChI=1S/C10H22O5S/c1-4-14-10(15-5-2)6-8-16(11,12)9-7-13-3/h10H,4-9H2,1-3H3. The Kier molecular flexibility index (Phi) is 8.83. The number of rotatable bonds is 10. The van der Waals surface area contributed by atoms with Gasteiger partial charge >= 0.3 is 0 Å². The first-order chi connectivity index (χ1) is 7.55. The Morgan fingerprint density at radius 3 is 2.06 bits per heavy atom. The molecule has 0 N–H and O–H groups in total. The predicted molar refractivity (Wildman–Crippen MR) is 62.2 cm³/mol. The van der Waals surface area contributed by atoms with Gasteiger partial charge in [-0.3, -0.25) is 0 Å². The maximum absolute atomic E-state index is 11.5. The van der Waals surface area contributed by atoms with Crippen LogP contribution in [0.5, 0.6) is 0 Å². The molecule has 0 amide bonds. The van der Waals surface area contributed by atoms with Crippen molar-refractivity contribution in [2.45, 2.75) is 26.6 Å². The van der Waals surface area contributed by atoms with E-state index < -0.39 is 16.1 Å². The molecule has 0 heterocycles. The molecule has 0 aliphatic rings. The highest BCUT2D eigenvalue weighted by atomic mass is 32.2. The molecule has 0 aromatic carbocycles. The number of ether oxygens (including phenoxy) is 3. The summed E-state index contributed by atoms with van der Waals surface area (Å²) in [6.07, 6.45) is -0.0550. The molecular weight excluding hydrogens is 232 g/mol. The first kappa shape index (κ1) is 15.8. The summed E-state index contributed by atoms with van der Waals surface area (Å²) in [4.78, 5) is 0. The van der Waals surface area contributed by atoms with Gasteiger partial charge in [0.1, 0.15) is 0 Å². The van der Waals surface area contributed by atoms with Crippen molar-refractivity contribution in [2.75, 3.05) is 38.4 Å². The summed E-state index contributed by atoms with van der Waals surface area (Å²) in [7, 11) is -1.58. The van der Waals surface area contributed by atoms with Crippen LogP contribution in [-0.4, -0.2) is 53.1 Å². The summed E-state index contributed by atoms with van der Waals surface area (Å²) in [6.45, 7) is 4.97. The number of methoxy groups -OCH3 is 1. The molecule has 0 atom stereocenters. The average molecular weight is 254 g/mol. The van der Waals surface area contributed by atoms with Gasteiger partial charge in [0.15, 0.2) is 16.1 Å². The normalized spacial score (nSPS) is 12.2. The van der Waals surface area contributed by atoms with Gasteiger partial charge in [0, 0.05) is 26.7 Å². The van der Waals surface area contributed by atoms with Gasteiger partial charge in [0.2, 0.25) is 0 Å². The summed E-state index contributed by atoms with van der Waals surface area (Å²) in [5.74, 6) is 0.121. The maximum Gasteiger partial charge on any atom is 0.158 e. The molecule has 16 heavy (non-hydrogen) atoms. The maximum atomic E-state index is 11.5. The molecule has 0 unspecified atom stereocenters. The van der Waals surface area contributed by atoms with Gasteiger partial charge in [-0.1, -0.05) is 0 Å². The summed E-state index contributed by atoms with van der Waals surface area (Å²) in [5, 5.41) is 0.